The minimum Gasteiger partial charge on any atom is -0.481 e. The highest BCUT2D eigenvalue weighted by atomic mass is 16.5. The van der Waals surface area contributed by atoms with Crippen LogP contribution in [0.25, 0.3) is 0 Å². The van der Waals surface area contributed by atoms with Gasteiger partial charge in [-0.15, -0.1) is 0 Å². The third-order valence-corrected chi connectivity index (χ3v) is 1.24. The number of carboxylic acid groups (broad SMARTS) is 1. The molecule has 0 aromatic rings. The predicted molar refractivity (Wildman–Crippen MR) is 36.8 cm³/mol. The molecule has 11 heavy (non-hydrogen) atoms. The number of carboxylic acids is 1. The molecule has 0 rings (SSSR count). The monoisotopic (exact) mass is 161 g/mol. The van der Waals surface area contributed by atoms with Crippen molar-refractivity contribution in [1.29, 1.82) is 0 Å². The highest BCUT2D eigenvalue weighted by Crippen LogP contribution is 2.03. The van der Waals surface area contributed by atoms with Crippen LogP contribution >= 0.6 is 0 Å². The van der Waals surface area contributed by atoms with Gasteiger partial charge in [0, 0.05) is 0 Å². The van der Waals surface area contributed by atoms with Gasteiger partial charge in [-0.3, -0.25) is 9.59 Å². The Morgan fingerprint density at radius 2 is 2.18 bits per heavy atom. The van der Waals surface area contributed by atoms with E-state index in [1.807, 2.05) is 0 Å². The zero-order chi connectivity index (χ0) is 8.85. The lowest BCUT2D eigenvalue weighted by Gasteiger charge is -2.06. The van der Waals surface area contributed by atoms with E-state index in [9.17, 15) is 9.59 Å². The number of hydrogen-bond acceptors (Lipinski definition) is 4. The van der Waals surface area contributed by atoms with Crippen molar-refractivity contribution in [2.45, 2.75) is 6.42 Å². The van der Waals surface area contributed by atoms with E-state index in [0.29, 0.717) is 0 Å². The van der Waals surface area contributed by atoms with E-state index < -0.39 is 17.9 Å². The summed E-state index contributed by atoms with van der Waals surface area (Å²) < 4.78 is 4.25. The zero-order valence-electron chi connectivity index (χ0n) is 6.24. The summed E-state index contributed by atoms with van der Waals surface area (Å²) in [5.41, 5.74) is 5.09. The first-order valence-corrected chi connectivity index (χ1v) is 3.14. The summed E-state index contributed by atoms with van der Waals surface area (Å²) >= 11 is 0. The zero-order valence-corrected chi connectivity index (χ0v) is 6.24. The van der Waals surface area contributed by atoms with Gasteiger partial charge in [-0.05, 0) is 13.0 Å². The molecule has 0 unspecified atom stereocenters. The summed E-state index contributed by atoms with van der Waals surface area (Å²) in [5.74, 6) is -3.06. The van der Waals surface area contributed by atoms with Gasteiger partial charge in [0.05, 0.1) is 7.11 Å². The van der Waals surface area contributed by atoms with E-state index in [-0.39, 0.29) is 13.0 Å². The van der Waals surface area contributed by atoms with Crippen LogP contribution in [0.5, 0.6) is 0 Å². The van der Waals surface area contributed by atoms with Crippen molar-refractivity contribution >= 4 is 11.9 Å². The average Bonchev–Trinajstić information content (AvgIpc) is 1.98. The molecule has 0 saturated heterocycles. The number of esters is 1. The molecule has 0 spiro atoms. The van der Waals surface area contributed by atoms with Crippen LogP contribution in [0.3, 0.4) is 0 Å². The smallest absolute Gasteiger partial charge is 0.320 e. The van der Waals surface area contributed by atoms with E-state index >= 15 is 0 Å². The van der Waals surface area contributed by atoms with E-state index in [1.165, 1.54) is 0 Å². The van der Waals surface area contributed by atoms with Crippen molar-refractivity contribution in [3.63, 3.8) is 0 Å². The fourth-order valence-electron chi connectivity index (χ4n) is 0.651. The molecule has 0 heterocycles. The Balaban J connectivity index is 4.09. The van der Waals surface area contributed by atoms with Crippen molar-refractivity contribution in [3.8, 4) is 0 Å². The number of aliphatic carboxylic acids is 1. The number of carbonyl (C=O) groups is 2. The molecule has 5 heteroatoms. The van der Waals surface area contributed by atoms with Gasteiger partial charge < -0.3 is 15.6 Å². The summed E-state index contributed by atoms with van der Waals surface area (Å²) in [6.07, 6.45) is 0.113. The van der Waals surface area contributed by atoms with Gasteiger partial charge in [0.25, 0.3) is 0 Å². The Bertz CT molecular complexity index is 157. The van der Waals surface area contributed by atoms with Gasteiger partial charge in [0.2, 0.25) is 0 Å². The largest absolute Gasteiger partial charge is 0.481 e. The number of hydrogen-bond donors (Lipinski definition) is 2. The Labute approximate surface area is 64.1 Å². The first kappa shape index (κ1) is 9.90. The molecule has 0 fully saturated rings. The van der Waals surface area contributed by atoms with Crippen LogP contribution in [0.1, 0.15) is 6.42 Å². The second kappa shape index (κ2) is 4.68. The fraction of sp³-hybridized carbons (Fsp3) is 0.667. The van der Waals surface area contributed by atoms with E-state index in [4.69, 9.17) is 10.8 Å². The second-order valence-corrected chi connectivity index (χ2v) is 1.99. The van der Waals surface area contributed by atoms with E-state index in [1.54, 1.807) is 0 Å². The number of nitrogens with two attached hydrogens (primary N) is 1. The van der Waals surface area contributed by atoms with E-state index in [2.05, 4.69) is 4.74 Å². The molecule has 3 N–H and O–H groups in total. The SMILES string of the molecule is COC(=O)[C@@H](CCN)C(=O)O. The van der Waals surface area contributed by atoms with Gasteiger partial charge in [0.1, 0.15) is 0 Å². The van der Waals surface area contributed by atoms with Gasteiger partial charge in [0.15, 0.2) is 5.92 Å². The predicted octanol–water partition coefficient (Wildman–Crippen LogP) is -0.791. The standard InChI is InChI=1S/C6H11NO4/c1-11-6(10)4(2-3-7)5(8)9/h4H,2-3,7H2,1H3,(H,8,9)/t4-/m0/s1. The van der Waals surface area contributed by atoms with Gasteiger partial charge >= 0.3 is 11.9 Å². The highest BCUT2D eigenvalue weighted by Gasteiger charge is 2.25. The average molecular weight is 161 g/mol. The van der Waals surface area contributed by atoms with Crippen LogP contribution in [-0.2, 0) is 14.3 Å². The molecule has 1 atom stereocenters. The molecule has 0 saturated carbocycles. The lowest BCUT2D eigenvalue weighted by atomic mass is 10.1. The maximum Gasteiger partial charge on any atom is 0.320 e. The number of carbonyl (C=O) groups excluding carboxylic acids is 1. The Hall–Kier alpha value is -1.10. The third kappa shape index (κ3) is 2.99. The molecule has 64 valence electrons. The minimum absolute atomic E-state index is 0.113. The first-order chi connectivity index (χ1) is 5.13. The van der Waals surface area contributed by atoms with Crippen LogP contribution in [0, 0.1) is 5.92 Å². The maximum absolute atomic E-state index is 10.7. The summed E-state index contributed by atoms with van der Waals surface area (Å²) in [7, 11) is 1.15. The summed E-state index contributed by atoms with van der Waals surface area (Å²) in [5, 5.41) is 8.45. The molecule has 0 aliphatic rings. The van der Waals surface area contributed by atoms with Gasteiger partial charge in [-0.2, -0.15) is 0 Å². The topological polar surface area (TPSA) is 89.6 Å². The molecule has 5 nitrogen and oxygen atoms in total. The first-order valence-electron chi connectivity index (χ1n) is 3.14. The van der Waals surface area contributed by atoms with Crippen molar-refractivity contribution in [2.24, 2.45) is 11.7 Å². The fourth-order valence-corrected chi connectivity index (χ4v) is 0.651. The number of methoxy groups -OCH3 is 1. The normalized spacial score (nSPS) is 12.2. The summed E-state index contributed by atoms with van der Waals surface area (Å²) in [6.45, 7) is 0.159. The second-order valence-electron chi connectivity index (χ2n) is 1.99. The van der Waals surface area contributed by atoms with Crippen molar-refractivity contribution in [2.75, 3.05) is 13.7 Å². The summed E-state index contributed by atoms with van der Waals surface area (Å²) in [6, 6.07) is 0. The third-order valence-electron chi connectivity index (χ3n) is 1.24. The van der Waals surface area contributed by atoms with Crippen LogP contribution < -0.4 is 5.73 Å². The highest BCUT2D eigenvalue weighted by molar-refractivity contribution is 5.93. The molecule has 0 amide bonds. The molecule has 0 aliphatic carbocycles. The van der Waals surface area contributed by atoms with Gasteiger partial charge in [-0.25, -0.2) is 0 Å². The number of ether oxygens (including phenoxy) is 1. The van der Waals surface area contributed by atoms with Crippen LogP contribution in [-0.4, -0.2) is 30.7 Å². The van der Waals surface area contributed by atoms with Crippen molar-refractivity contribution in [3.05, 3.63) is 0 Å². The Kier molecular flexibility index (Phi) is 4.21. The minimum atomic E-state index is -1.19. The van der Waals surface area contributed by atoms with E-state index in [0.717, 1.165) is 7.11 Å². The van der Waals surface area contributed by atoms with Crippen LogP contribution in [0.15, 0.2) is 0 Å². The Morgan fingerprint density at radius 3 is 2.45 bits per heavy atom. The van der Waals surface area contributed by atoms with Crippen LogP contribution in [0.2, 0.25) is 0 Å². The molecule has 0 aromatic carbocycles. The number of rotatable bonds is 4. The van der Waals surface area contributed by atoms with Crippen LogP contribution in [0.4, 0.5) is 0 Å². The molecule has 0 bridgehead atoms. The molecule has 0 radical (unpaired) electrons. The quantitative estimate of drug-likeness (QED) is 0.416. The van der Waals surface area contributed by atoms with Crippen molar-refractivity contribution < 1.29 is 19.4 Å². The van der Waals surface area contributed by atoms with Crippen molar-refractivity contribution in [1.82, 2.24) is 0 Å². The lowest BCUT2D eigenvalue weighted by Crippen LogP contribution is -2.27. The molecule has 0 aliphatic heterocycles. The van der Waals surface area contributed by atoms with Gasteiger partial charge in [-0.1, -0.05) is 0 Å². The molecular formula is C6H11NO4. The molecule has 0 aromatic heterocycles. The Morgan fingerprint density at radius 1 is 1.64 bits per heavy atom. The lowest BCUT2D eigenvalue weighted by molar-refractivity contribution is -0.156. The summed E-state index contributed by atoms with van der Waals surface area (Å²) in [4.78, 5) is 21.0. The maximum atomic E-state index is 10.7. The molecular weight excluding hydrogens is 150 g/mol.